The Morgan fingerprint density at radius 3 is 2.67 bits per heavy atom. The van der Waals surface area contributed by atoms with Crippen molar-refractivity contribution in [3.63, 3.8) is 0 Å². The number of hydrogen-bond acceptors (Lipinski definition) is 1. The first-order valence-electron chi connectivity index (χ1n) is 6.25. The summed E-state index contributed by atoms with van der Waals surface area (Å²) in [5.41, 5.74) is 1.82. The van der Waals surface area contributed by atoms with Gasteiger partial charge in [0, 0.05) is 16.3 Å². The van der Waals surface area contributed by atoms with E-state index in [1.807, 2.05) is 25.1 Å². The normalized spacial score (nSPS) is 10.4. The monoisotopic (exact) mass is 375 g/mol. The van der Waals surface area contributed by atoms with Crippen LogP contribution in [0.25, 0.3) is 0 Å². The third kappa shape index (κ3) is 5.53. The molecule has 0 aliphatic heterocycles. The summed E-state index contributed by atoms with van der Waals surface area (Å²) in [4.78, 5) is 12.0. The van der Waals surface area contributed by atoms with Crippen LogP contribution in [0.5, 0.6) is 0 Å². The van der Waals surface area contributed by atoms with Crippen molar-refractivity contribution in [2.45, 2.75) is 32.6 Å². The number of unbranched alkanes of at least 4 members (excludes halogenated alkanes) is 3. The van der Waals surface area contributed by atoms with Gasteiger partial charge in [-0.3, -0.25) is 4.79 Å². The fraction of sp³-hybridized carbons (Fsp3) is 0.500. The highest BCUT2D eigenvalue weighted by molar-refractivity contribution is 9.10. The Balaban J connectivity index is 2.34. The van der Waals surface area contributed by atoms with Gasteiger partial charge in [-0.15, -0.1) is 0 Å². The third-order valence-corrected chi connectivity index (χ3v) is 3.96. The highest BCUT2D eigenvalue weighted by atomic mass is 79.9. The molecule has 2 nitrogen and oxygen atoms in total. The molecular weight excluding hydrogens is 358 g/mol. The van der Waals surface area contributed by atoms with E-state index in [4.69, 9.17) is 0 Å². The Labute approximate surface area is 126 Å². The van der Waals surface area contributed by atoms with Crippen molar-refractivity contribution in [1.82, 2.24) is 5.32 Å². The van der Waals surface area contributed by atoms with Crippen molar-refractivity contribution < 1.29 is 4.79 Å². The van der Waals surface area contributed by atoms with E-state index >= 15 is 0 Å². The topological polar surface area (TPSA) is 29.1 Å². The summed E-state index contributed by atoms with van der Waals surface area (Å²) in [6.45, 7) is 2.74. The lowest BCUT2D eigenvalue weighted by atomic mass is 10.1. The van der Waals surface area contributed by atoms with Gasteiger partial charge in [-0.1, -0.05) is 40.4 Å². The molecule has 0 radical (unpaired) electrons. The Bertz CT molecular complexity index is 393. The zero-order valence-electron chi connectivity index (χ0n) is 10.6. The molecule has 18 heavy (non-hydrogen) atoms. The zero-order valence-corrected chi connectivity index (χ0v) is 13.8. The first kappa shape index (κ1) is 15.7. The zero-order chi connectivity index (χ0) is 13.4. The standard InChI is InChI=1S/C14H19Br2NO/c1-11-6-7-13(16)12(10-11)14(18)17-9-5-3-2-4-8-15/h6-7,10H,2-5,8-9H2,1H3,(H,17,18). The SMILES string of the molecule is Cc1ccc(Br)c(C(=O)NCCCCCCBr)c1. The van der Waals surface area contributed by atoms with Gasteiger partial charge in [0.05, 0.1) is 5.56 Å². The van der Waals surface area contributed by atoms with Crippen LogP contribution in [0.15, 0.2) is 22.7 Å². The molecular formula is C14H19Br2NO. The van der Waals surface area contributed by atoms with E-state index in [-0.39, 0.29) is 5.91 Å². The smallest absolute Gasteiger partial charge is 0.252 e. The lowest BCUT2D eigenvalue weighted by Crippen LogP contribution is -2.24. The van der Waals surface area contributed by atoms with E-state index in [9.17, 15) is 4.79 Å². The molecule has 0 bridgehead atoms. The number of carbonyl (C=O) groups excluding carboxylic acids is 1. The first-order valence-corrected chi connectivity index (χ1v) is 8.17. The van der Waals surface area contributed by atoms with E-state index < -0.39 is 0 Å². The lowest BCUT2D eigenvalue weighted by Gasteiger charge is -2.07. The molecule has 4 heteroatoms. The minimum atomic E-state index is 0.00562. The number of amides is 1. The van der Waals surface area contributed by atoms with Gasteiger partial charge in [0.25, 0.3) is 5.91 Å². The number of carbonyl (C=O) groups is 1. The third-order valence-electron chi connectivity index (χ3n) is 2.71. The van der Waals surface area contributed by atoms with Gasteiger partial charge in [-0.2, -0.15) is 0 Å². The molecule has 0 saturated heterocycles. The quantitative estimate of drug-likeness (QED) is 0.553. The molecule has 0 spiro atoms. The number of aryl methyl sites for hydroxylation is 1. The maximum absolute atomic E-state index is 12.0. The molecule has 0 saturated carbocycles. The second kappa shape index (κ2) is 8.70. The van der Waals surface area contributed by atoms with Gasteiger partial charge in [-0.05, 0) is 47.8 Å². The average Bonchev–Trinajstić information content (AvgIpc) is 2.36. The van der Waals surface area contributed by atoms with Gasteiger partial charge in [0.2, 0.25) is 0 Å². The second-order valence-electron chi connectivity index (χ2n) is 4.34. The van der Waals surface area contributed by atoms with Crippen LogP contribution in [-0.4, -0.2) is 17.8 Å². The van der Waals surface area contributed by atoms with Crippen LogP contribution in [0.3, 0.4) is 0 Å². The van der Waals surface area contributed by atoms with Crippen LogP contribution in [0.1, 0.15) is 41.6 Å². The molecule has 0 fully saturated rings. The summed E-state index contributed by atoms with van der Waals surface area (Å²) >= 11 is 6.82. The molecule has 1 aromatic rings. The molecule has 0 aliphatic carbocycles. The van der Waals surface area contributed by atoms with Crippen LogP contribution in [0.4, 0.5) is 0 Å². The summed E-state index contributed by atoms with van der Waals surface area (Å²) in [6.07, 6.45) is 4.63. The predicted molar refractivity (Wildman–Crippen MR) is 83.5 cm³/mol. The summed E-state index contributed by atoms with van der Waals surface area (Å²) in [5.74, 6) is 0.00562. The summed E-state index contributed by atoms with van der Waals surface area (Å²) in [7, 11) is 0. The lowest BCUT2D eigenvalue weighted by molar-refractivity contribution is 0.0952. The van der Waals surface area contributed by atoms with E-state index in [1.54, 1.807) is 0 Å². The summed E-state index contributed by atoms with van der Waals surface area (Å²) < 4.78 is 0.852. The largest absolute Gasteiger partial charge is 0.352 e. The van der Waals surface area contributed by atoms with E-state index in [2.05, 4.69) is 37.2 Å². The Morgan fingerprint density at radius 2 is 1.94 bits per heavy atom. The minimum absolute atomic E-state index is 0.00562. The minimum Gasteiger partial charge on any atom is -0.352 e. The van der Waals surface area contributed by atoms with Crippen LogP contribution in [-0.2, 0) is 0 Å². The molecule has 1 N–H and O–H groups in total. The maximum atomic E-state index is 12.0. The van der Waals surface area contributed by atoms with Crippen LogP contribution in [0.2, 0.25) is 0 Å². The molecule has 1 rings (SSSR count). The number of hydrogen-bond donors (Lipinski definition) is 1. The molecule has 0 heterocycles. The summed E-state index contributed by atoms with van der Waals surface area (Å²) in [6, 6.07) is 5.81. The van der Waals surface area contributed by atoms with Gasteiger partial charge < -0.3 is 5.32 Å². The Kier molecular flexibility index (Phi) is 7.59. The van der Waals surface area contributed by atoms with Gasteiger partial charge in [0.1, 0.15) is 0 Å². The Morgan fingerprint density at radius 1 is 1.22 bits per heavy atom. The molecule has 1 amide bonds. The van der Waals surface area contributed by atoms with Crippen LogP contribution >= 0.6 is 31.9 Å². The van der Waals surface area contributed by atoms with Gasteiger partial charge in [0.15, 0.2) is 0 Å². The van der Waals surface area contributed by atoms with E-state index in [0.29, 0.717) is 0 Å². The molecule has 0 aliphatic rings. The summed E-state index contributed by atoms with van der Waals surface area (Å²) in [5, 5.41) is 4.03. The number of halogens is 2. The van der Waals surface area contributed by atoms with Crippen molar-refractivity contribution >= 4 is 37.8 Å². The van der Waals surface area contributed by atoms with Crippen molar-refractivity contribution in [3.8, 4) is 0 Å². The first-order chi connectivity index (χ1) is 8.65. The Hall–Kier alpha value is -0.350. The van der Waals surface area contributed by atoms with E-state index in [0.717, 1.165) is 33.9 Å². The number of rotatable bonds is 7. The number of alkyl halides is 1. The van der Waals surface area contributed by atoms with Crippen molar-refractivity contribution in [3.05, 3.63) is 33.8 Å². The molecule has 0 atom stereocenters. The maximum Gasteiger partial charge on any atom is 0.252 e. The van der Waals surface area contributed by atoms with Crippen molar-refractivity contribution in [1.29, 1.82) is 0 Å². The van der Waals surface area contributed by atoms with Crippen molar-refractivity contribution in [2.75, 3.05) is 11.9 Å². The van der Waals surface area contributed by atoms with Gasteiger partial charge in [-0.25, -0.2) is 0 Å². The molecule has 100 valence electrons. The average molecular weight is 377 g/mol. The fourth-order valence-electron chi connectivity index (χ4n) is 1.68. The molecule has 0 aromatic heterocycles. The molecule has 1 aromatic carbocycles. The fourth-order valence-corrected chi connectivity index (χ4v) is 2.51. The number of nitrogens with one attached hydrogen (secondary N) is 1. The molecule has 0 unspecified atom stereocenters. The highest BCUT2D eigenvalue weighted by Gasteiger charge is 2.09. The predicted octanol–water partition coefficient (Wildman–Crippen LogP) is 4.44. The second-order valence-corrected chi connectivity index (χ2v) is 5.99. The van der Waals surface area contributed by atoms with Crippen molar-refractivity contribution in [2.24, 2.45) is 0 Å². The van der Waals surface area contributed by atoms with E-state index in [1.165, 1.54) is 19.3 Å². The van der Waals surface area contributed by atoms with Crippen LogP contribution in [0, 0.1) is 6.92 Å². The number of benzene rings is 1. The van der Waals surface area contributed by atoms with Crippen LogP contribution < -0.4 is 5.32 Å². The van der Waals surface area contributed by atoms with Gasteiger partial charge >= 0.3 is 0 Å². The highest BCUT2D eigenvalue weighted by Crippen LogP contribution is 2.17.